The summed E-state index contributed by atoms with van der Waals surface area (Å²) in [6, 6.07) is 5.83. The van der Waals surface area contributed by atoms with Gasteiger partial charge < -0.3 is 9.88 Å². The van der Waals surface area contributed by atoms with Gasteiger partial charge in [-0.05, 0) is 30.0 Å². The molecule has 3 aromatic rings. The van der Waals surface area contributed by atoms with Crippen molar-refractivity contribution in [3.8, 4) is 5.69 Å². The van der Waals surface area contributed by atoms with E-state index >= 15 is 0 Å². The maximum atomic E-state index is 12.2. The largest absolute Gasteiger partial charge is 0.351 e. The number of nitrogens with zero attached hydrogens (tertiary/aromatic N) is 3. The molecule has 0 bridgehead atoms. The molecule has 0 aromatic carbocycles. The molecule has 3 heterocycles. The molecule has 2 N–H and O–H groups in total. The molecule has 0 spiro atoms. The SMILES string of the molecule is O=C(NCCCc1ncn[nH]1)c1sccc1-n1cccc1. The normalized spacial score (nSPS) is 10.7. The summed E-state index contributed by atoms with van der Waals surface area (Å²) in [6.07, 6.45) is 6.95. The lowest BCUT2D eigenvalue weighted by molar-refractivity contribution is 0.0957. The second-order valence-corrected chi connectivity index (χ2v) is 5.43. The van der Waals surface area contributed by atoms with E-state index in [4.69, 9.17) is 0 Å². The highest BCUT2D eigenvalue weighted by molar-refractivity contribution is 7.12. The minimum atomic E-state index is -0.0359. The van der Waals surface area contributed by atoms with Crippen molar-refractivity contribution in [3.63, 3.8) is 0 Å². The van der Waals surface area contributed by atoms with Crippen LogP contribution in [0.2, 0.25) is 0 Å². The number of hydrogen-bond acceptors (Lipinski definition) is 4. The second kappa shape index (κ2) is 6.36. The van der Waals surface area contributed by atoms with Crippen LogP contribution in [0.5, 0.6) is 0 Å². The van der Waals surface area contributed by atoms with Gasteiger partial charge in [0, 0.05) is 25.4 Å². The van der Waals surface area contributed by atoms with Crippen molar-refractivity contribution in [2.45, 2.75) is 12.8 Å². The van der Waals surface area contributed by atoms with Crippen LogP contribution in [-0.2, 0) is 6.42 Å². The number of carbonyl (C=O) groups excluding carboxylic acids is 1. The van der Waals surface area contributed by atoms with Crippen molar-refractivity contribution in [1.29, 1.82) is 0 Å². The van der Waals surface area contributed by atoms with Crippen LogP contribution < -0.4 is 5.32 Å². The Morgan fingerprint density at radius 2 is 2.24 bits per heavy atom. The van der Waals surface area contributed by atoms with Gasteiger partial charge in [-0.3, -0.25) is 9.89 Å². The Morgan fingerprint density at radius 1 is 1.38 bits per heavy atom. The van der Waals surface area contributed by atoms with Crippen molar-refractivity contribution in [1.82, 2.24) is 25.1 Å². The molecule has 1 amide bonds. The van der Waals surface area contributed by atoms with Gasteiger partial charge in [-0.1, -0.05) is 0 Å². The first-order valence-corrected chi connectivity index (χ1v) is 7.56. The predicted molar refractivity (Wildman–Crippen MR) is 80.7 cm³/mol. The summed E-state index contributed by atoms with van der Waals surface area (Å²) in [5.41, 5.74) is 0.915. The fraction of sp³-hybridized carbons (Fsp3) is 0.214. The van der Waals surface area contributed by atoms with Gasteiger partial charge in [0.25, 0.3) is 5.91 Å². The van der Waals surface area contributed by atoms with E-state index < -0.39 is 0 Å². The third-order valence-electron chi connectivity index (χ3n) is 3.07. The zero-order chi connectivity index (χ0) is 14.5. The lowest BCUT2D eigenvalue weighted by Gasteiger charge is -2.06. The van der Waals surface area contributed by atoms with Crippen molar-refractivity contribution in [2.24, 2.45) is 0 Å². The van der Waals surface area contributed by atoms with Crippen LogP contribution in [0.4, 0.5) is 0 Å². The van der Waals surface area contributed by atoms with E-state index in [1.165, 1.54) is 17.7 Å². The maximum absolute atomic E-state index is 12.2. The summed E-state index contributed by atoms with van der Waals surface area (Å²) in [6.45, 7) is 0.614. The molecule has 0 saturated heterocycles. The van der Waals surface area contributed by atoms with Gasteiger partial charge in [-0.15, -0.1) is 11.3 Å². The number of aromatic amines is 1. The molecule has 0 saturated carbocycles. The summed E-state index contributed by atoms with van der Waals surface area (Å²) in [4.78, 5) is 17.0. The first-order valence-electron chi connectivity index (χ1n) is 6.68. The third kappa shape index (κ3) is 3.19. The van der Waals surface area contributed by atoms with Crippen LogP contribution in [-0.4, -0.2) is 32.2 Å². The highest BCUT2D eigenvalue weighted by Gasteiger charge is 2.13. The van der Waals surface area contributed by atoms with Crippen LogP contribution in [0.3, 0.4) is 0 Å². The quantitative estimate of drug-likeness (QED) is 0.684. The molecular formula is C14H15N5OS. The van der Waals surface area contributed by atoms with E-state index in [-0.39, 0.29) is 5.91 Å². The number of amides is 1. The maximum Gasteiger partial charge on any atom is 0.263 e. The zero-order valence-electron chi connectivity index (χ0n) is 11.3. The molecule has 0 atom stereocenters. The van der Waals surface area contributed by atoms with E-state index in [2.05, 4.69) is 20.5 Å². The number of rotatable bonds is 6. The number of aryl methyl sites for hydroxylation is 1. The molecule has 0 aliphatic rings. The number of H-pyrrole nitrogens is 1. The van der Waals surface area contributed by atoms with Crippen molar-refractivity contribution in [2.75, 3.05) is 6.54 Å². The van der Waals surface area contributed by atoms with Gasteiger partial charge in [-0.25, -0.2) is 4.98 Å². The topological polar surface area (TPSA) is 75.6 Å². The molecular weight excluding hydrogens is 286 g/mol. The molecule has 3 aromatic heterocycles. The summed E-state index contributed by atoms with van der Waals surface area (Å²) in [7, 11) is 0. The second-order valence-electron chi connectivity index (χ2n) is 4.52. The monoisotopic (exact) mass is 301 g/mol. The standard InChI is InChI=1S/C14H15N5OS/c20-14(15-6-3-4-12-16-10-17-18-12)13-11(5-9-21-13)19-7-1-2-8-19/h1-2,5,7-10H,3-4,6H2,(H,15,20)(H,16,17,18). The molecule has 6 nitrogen and oxygen atoms in total. The smallest absolute Gasteiger partial charge is 0.263 e. The number of hydrogen-bond donors (Lipinski definition) is 2. The van der Waals surface area contributed by atoms with Crippen LogP contribution >= 0.6 is 11.3 Å². The zero-order valence-corrected chi connectivity index (χ0v) is 12.1. The third-order valence-corrected chi connectivity index (χ3v) is 3.98. The molecule has 3 rings (SSSR count). The summed E-state index contributed by atoms with van der Waals surface area (Å²) < 4.78 is 1.94. The number of aromatic nitrogens is 4. The number of thiophene rings is 1. The molecule has 0 unspecified atom stereocenters. The first-order chi connectivity index (χ1) is 10.3. The van der Waals surface area contributed by atoms with Gasteiger partial charge in [0.15, 0.2) is 0 Å². The van der Waals surface area contributed by atoms with Gasteiger partial charge in [-0.2, -0.15) is 5.10 Å². The number of nitrogens with one attached hydrogen (secondary N) is 2. The molecule has 21 heavy (non-hydrogen) atoms. The van der Waals surface area contributed by atoms with Crippen molar-refractivity contribution >= 4 is 17.2 Å². The Labute approximate surface area is 125 Å². The summed E-state index contributed by atoms with van der Waals surface area (Å²) >= 11 is 1.45. The minimum Gasteiger partial charge on any atom is -0.351 e. The Kier molecular flexibility index (Phi) is 4.11. The molecule has 0 aliphatic carbocycles. The van der Waals surface area contributed by atoms with Crippen LogP contribution in [0.15, 0.2) is 42.3 Å². The number of carbonyl (C=O) groups is 1. The molecule has 7 heteroatoms. The Morgan fingerprint density at radius 3 is 3.00 bits per heavy atom. The van der Waals surface area contributed by atoms with Crippen LogP contribution in [0.1, 0.15) is 21.9 Å². The fourth-order valence-electron chi connectivity index (χ4n) is 2.06. The minimum absolute atomic E-state index is 0.0359. The van der Waals surface area contributed by atoms with Gasteiger partial charge in [0.05, 0.1) is 5.69 Å². The Hall–Kier alpha value is -2.41. The van der Waals surface area contributed by atoms with E-state index in [0.29, 0.717) is 6.54 Å². The molecule has 108 valence electrons. The fourth-order valence-corrected chi connectivity index (χ4v) is 2.87. The van der Waals surface area contributed by atoms with Gasteiger partial charge in [0.1, 0.15) is 17.0 Å². The molecule has 0 radical (unpaired) electrons. The van der Waals surface area contributed by atoms with Crippen molar-refractivity contribution in [3.05, 3.63) is 53.0 Å². The Bertz CT molecular complexity index is 687. The highest BCUT2D eigenvalue weighted by Crippen LogP contribution is 2.21. The molecule has 0 aliphatic heterocycles. The van der Waals surface area contributed by atoms with E-state index in [9.17, 15) is 4.79 Å². The molecule has 0 fully saturated rings. The van der Waals surface area contributed by atoms with Crippen LogP contribution in [0.25, 0.3) is 5.69 Å². The summed E-state index contributed by atoms with van der Waals surface area (Å²) in [5.74, 6) is 0.805. The van der Waals surface area contributed by atoms with E-state index in [1.807, 2.05) is 40.5 Å². The average molecular weight is 301 g/mol. The predicted octanol–water partition coefficient (Wildman–Crippen LogP) is 2.02. The van der Waals surface area contributed by atoms with Gasteiger partial charge in [0.2, 0.25) is 0 Å². The Balaban J connectivity index is 1.55. The van der Waals surface area contributed by atoms with Crippen molar-refractivity contribution < 1.29 is 4.79 Å². The van der Waals surface area contributed by atoms with E-state index in [0.717, 1.165) is 29.2 Å². The summed E-state index contributed by atoms with van der Waals surface area (Å²) in [5, 5.41) is 11.5. The van der Waals surface area contributed by atoms with E-state index in [1.54, 1.807) is 0 Å². The van der Waals surface area contributed by atoms with Crippen LogP contribution in [0, 0.1) is 0 Å². The lowest BCUT2D eigenvalue weighted by Crippen LogP contribution is -2.25. The highest BCUT2D eigenvalue weighted by atomic mass is 32.1. The first kappa shape index (κ1) is 13.6. The van der Waals surface area contributed by atoms with Gasteiger partial charge >= 0.3 is 0 Å². The lowest BCUT2D eigenvalue weighted by atomic mass is 10.3. The average Bonchev–Trinajstić information content (AvgIpc) is 3.24.